The maximum Gasteiger partial charge on any atom is 0.253 e. The van der Waals surface area contributed by atoms with Crippen LogP contribution in [0.3, 0.4) is 0 Å². The van der Waals surface area contributed by atoms with Crippen molar-refractivity contribution in [3.8, 4) is 0 Å². The molecule has 1 saturated carbocycles. The highest BCUT2D eigenvalue weighted by atomic mass is 32.2. The van der Waals surface area contributed by atoms with E-state index < -0.39 is 0 Å². The number of rotatable bonds is 6. The molecule has 2 atom stereocenters. The molecule has 1 aliphatic carbocycles. The van der Waals surface area contributed by atoms with E-state index in [1.165, 1.54) is 0 Å². The zero-order valence-electron chi connectivity index (χ0n) is 20.5. The van der Waals surface area contributed by atoms with Gasteiger partial charge in [0.25, 0.3) is 5.91 Å². The van der Waals surface area contributed by atoms with Crippen molar-refractivity contribution in [2.24, 2.45) is 5.41 Å². The quantitative estimate of drug-likeness (QED) is 0.440. The largest absolute Gasteiger partial charge is 0.381 e. The predicted octanol–water partition coefficient (Wildman–Crippen LogP) is 4.90. The van der Waals surface area contributed by atoms with Crippen molar-refractivity contribution >= 4 is 50.3 Å². The Morgan fingerprint density at radius 3 is 2.64 bits per heavy atom. The number of anilines is 2. The number of ether oxygens (including phenoxy) is 1. The topological polar surface area (TPSA) is 92.3 Å². The number of carbonyl (C=O) groups is 1. The van der Waals surface area contributed by atoms with Crippen molar-refractivity contribution in [2.45, 2.75) is 55.5 Å². The Balaban J connectivity index is 1.05. The lowest BCUT2D eigenvalue weighted by molar-refractivity contribution is 0.0533. The summed E-state index contributed by atoms with van der Waals surface area (Å²) in [5.41, 5.74) is 2.00. The standard InChI is InChI=1S/C26H32N6O2S2/c1-35-20-14-27-24(28-15-20)29-18-3-4-19(13-18)30-25-31-21-5-2-17(12-22(21)36-25)23(33)32-9-6-26(7-10-32)8-11-34-16-26/h2,5,12,14-15,18-19H,3-4,6-11,13,16H2,1H3,(H,30,31)(H,27,28,29)/t18-,19-/m0/s1. The van der Waals surface area contributed by atoms with Gasteiger partial charge in [0.2, 0.25) is 5.95 Å². The third-order valence-corrected chi connectivity index (χ3v) is 9.52. The third kappa shape index (κ3) is 5.03. The van der Waals surface area contributed by atoms with E-state index >= 15 is 0 Å². The summed E-state index contributed by atoms with van der Waals surface area (Å²) >= 11 is 3.27. The minimum Gasteiger partial charge on any atom is -0.381 e. The Morgan fingerprint density at radius 2 is 1.92 bits per heavy atom. The number of nitrogens with zero attached hydrogens (tertiary/aromatic N) is 4. The Labute approximate surface area is 219 Å². The summed E-state index contributed by atoms with van der Waals surface area (Å²) in [7, 11) is 0. The lowest BCUT2D eigenvalue weighted by Crippen LogP contribution is -2.43. The van der Waals surface area contributed by atoms with Crippen LogP contribution in [-0.4, -0.2) is 70.4 Å². The first-order valence-electron chi connectivity index (χ1n) is 12.8. The highest BCUT2D eigenvalue weighted by molar-refractivity contribution is 7.98. The van der Waals surface area contributed by atoms with Gasteiger partial charge < -0.3 is 20.3 Å². The van der Waals surface area contributed by atoms with Crippen LogP contribution in [-0.2, 0) is 4.74 Å². The molecular weight excluding hydrogens is 492 g/mol. The second-order valence-corrected chi connectivity index (χ2v) is 12.1. The molecule has 4 heterocycles. The number of fused-ring (bicyclic) bond motifs is 1. The van der Waals surface area contributed by atoms with E-state index in [1.54, 1.807) is 23.1 Å². The molecule has 2 saturated heterocycles. The number of hydrogen-bond acceptors (Lipinski definition) is 9. The van der Waals surface area contributed by atoms with Crippen molar-refractivity contribution < 1.29 is 9.53 Å². The molecule has 2 aromatic heterocycles. The summed E-state index contributed by atoms with van der Waals surface area (Å²) in [5.74, 6) is 0.821. The van der Waals surface area contributed by atoms with Gasteiger partial charge in [-0.1, -0.05) is 11.3 Å². The van der Waals surface area contributed by atoms with Crippen LogP contribution in [0.15, 0.2) is 35.5 Å². The molecule has 3 fully saturated rings. The van der Waals surface area contributed by atoms with Crippen LogP contribution < -0.4 is 10.6 Å². The van der Waals surface area contributed by atoms with Gasteiger partial charge in [0.1, 0.15) is 0 Å². The molecule has 0 bridgehead atoms. The fourth-order valence-corrected chi connectivity index (χ4v) is 6.93. The minimum absolute atomic E-state index is 0.131. The van der Waals surface area contributed by atoms with E-state index in [0.29, 0.717) is 23.4 Å². The van der Waals surface area contributed by atoms with Gasteiger partial charge in [0.05, 0.1) is 16.8 Å². The Kier molecular flexibility index (Phi) is 6.74. The van der Waals surface area contributed by atoms with E-state index in [2.05, 4.69) is 20.6 Å². The molecule has 1 spiro atoms. The fraction of sp³-hybridized carbons (Fsp3) is 0.538. The number of hydrogen-bond donors (Lipinski definition) is 2. The molecule has 10 heteroatoms. The smallest absolute Gasteiger partial charge is 0.253 e. The summed E-state index contributed by atoms with van der Waals surface area (Å²) in [4.78, 5) is 29.9. The molecule has 1 aromatic carbocycles. The predicted molar refractivity (Wildman–Crippen MR) is 145 cm³/mol. The first-order valence-corrected chi connectivity index (χ1v) is 14.8. The van der Waals surface area contributed by atoms with Gasteiger partial charge in [-0.3, -0.25) is 4.79 Å². The number of benzene rings is 1. The summed E-state index contributed by atoms with van der Waals surface area (Å²) in [6, 6.07) is 6.62. The van der Waals surface area contributed by atoms with Gasteiger partial charge in [-0.05, 0) is 68.4 Å². The minimum atomic E-state index is 0.131. The zero-order valence-corrected chi connectivity index (χ0v) is 22.2. The number of thiazole rings is 1. The molecule has 190 valence electrons. The number of piperidine rings is 1. The zero-order chi connectivity index (χ0) is 24.5. The van der Waals surface area contributed by atoms with E-state index in [4.69, 9.17) is 9.72 Å². The lowest BCUT2D eigenvalue weighted by atomic mass is 9.78. The van der Waals surface area contributed by atoms with Crippen LogP contribution >= 0.6 is 23.1 Å². The summed E-state index contributed by atoms with van der Waals surface area (Å²) < 4.78 is 6.68. The maximum atomic E-state index is 13.2. The Hall–Kier alpha value is -2.43. The van der Waals surface area contributed by atoms with Gasteiger partial charge in [0.15, 0.2) is 5.13 Å². The second-order valence-electron chi connectivity index (χ2n) is 10.2. The van der Waals surface area contributed by atoms with Gasteiger partial charge in [0, 0.05) is 54.6 Å². The van der Waals surface area contributed by atoms with E-state index in [1.807, 2.05) is 41.7 Å². The van der Waals surface area contributed by atoms with Gasteiger partial charge in [-0.2, -0.15) is 0 Å². The number of carbonyl (C=O) groups excluding carboxylic acids is 1. The number of aromatic nitrogens is 3. The SMILES string of the molecule is CSc1cnc(N[C@H]2CC[C@H](Nc3nc4ccc(C(=O)N5CCC6(CCOC6)CC5)cc4s3)C2)nc1. The maximum absolute atomic E-state index is 13.2. The normalized spacial score (nSPS) is 23.4. The van der Waals surface area contributed by atoms with Crippen molar-refractivity contribution in [3.63, 3.8) is 0 Å². The number of nitrogens with one attached hydrogen (secondary N) is 2. The molecule has 3 aliphatic rings. The average molecular weight is 525 g/mol. The van der Waals surface area contributed by atoms with Crippen LogP contribution in [0.1, 0.15) is 48.9 Å². The van der Waals surface area contributed by atoms with Crippen molar-refractivity contribution in [1.29, 1.82) is 0 Å². The average Bonchev–Trinajstić information content (AvgIpc) is 3.65. The van der Waals surface area contributed by atoms with Crippen molar-refractivity contribution in [2.75, 3.05) is 43.2 Å². The monoisotopic (exact) mass is 524 g/mol. The van der Waals surface area contributed by atoms with Crippen LogP contribution in [0.25, 0.3) is 10.2 Å². The number of thioether (sulfide) groups is 1. The molecule has 8 nitrogen and oxygen atoms in total. The van der Waals surface area contributed by atoms with Crippen molar-refractivity contribution in [3.05, 3.63) is 36.2 Å². The highest BCUT2D eigenvalue weighted by Crippen LogP contribution is 2.39. The number of likely N-dealkylation sites (tertiary alicyclic amines) is 1. The molecule has 6 rings (SSSR count). The Bertz CT molecular complexity index is 1220. The van der Waals surface area contributed by atoms with E-state index in [9.17, 15) is 4.79 Å². The lowest BCUT2D eigenvalue weighted by Gasteiger charge is -2.38. The van der Waals surface area contributed by atoms with Gasteiger partial charge in [-0.15, -0.1) is 11.8 Å². The first-order chi connectivity index (χ1) is 17.6. The second kappa shape index (κ2) is 10.1. The number of amides is 1. The van der Waals surface area contributed by atoms with Crippen molar-refractivity contribution in [1.82, 2.24) is 19.9 Å². The summed E-state index contributed by atoms with van der Waals surface area (Å²) in [5, 5.41) is 8.00. The van der Waals surface area contributed by atoms with E-state index in [-0.39, 0.29) is 5.91 Å². The molecule has 36 heavy (non-hydrogen) atoms. The molecule has 2 N–H and O–H groups in total. The first kappa shape index (κ1) is 23.9. The molecule has 1 amide bonds. The molecule has 2 aliphatic heterocycles. The highest BCUT2D eigenvalue weighted by Gasteiger charge is 2.39. The molecular formula is C26H32N6O2S2. The molecule has 3 aromatic rings. The fourth-order valence-electron chi connectivity index (χ4n) is 5.63. The Morgan fingerprint density at radius 1 is 1.14 bits per heavy atom. The van der Waals surface area contributed by atoms with Gasteiger partial charge >= 0.3 is 0 Å². The van der Waals surface area contributed by atoms with Crippen LogP contribution in [0.2, 0.25) is 0 Å². The third-order valence-electron chi connectivity index (χ3n) is 7.89. The van der Waals surface area contributed by atoms with Crippen LogP contribution in [0, 0.1) is 5.41 Å². The van der Waals surface area contributed by atoms with E-state index in [0.717, 1.165) is 90.6 Å². The van der Waals surface area contributed by atoms with Gasteiger partial charge in [-0.25, -0.2) is 15.0 Å². The molecule has 0 unspecified atom stereocenters. The summed E-state index contributed by atoms with van der Waals surface area (Å²) in [6.45, 7) is 3.36. The summed E-state index contributed by atoms with van der Waals surface area (Å²) in [6.07, 6.45) is 12.1. The van der Waals surface area contributed by atoms with Crippen LogP contribution in [0.4, 0.5) is 11.1 Å². The van der Waals surface area contributed by atoms with Crippen LogP contribution in [0.5, 0.6) is 0 Å². The molecule has 0 radical (unpaired) electrons.